The van der Waals surface area contributed by atoms with Crippen molar-refractivity contribution in [2.75, 3.05) is 0 Å². The Morgan fingerprint density at radius 1 is 1.05 bits per heavy atom. The average Bonchev–Trinajstić information content (AvgIpc) is 2.17. The van der Waals surface area contributed by atoms with Crippen LogP contribution < -0.4 is 5.73 Å². The maximum absolute atomic E-state index is 12.5. The Balaban J connectivity index is 3.20. The van der Waals surface area contributed by atoms with Crippen molar-refractivity contribution in [2.24, 2.45) is 11.7 Å². The Labute approximate surface area is 110 Å². The standard InChI is InChI=1S/C11H10ClF6N/c1-5-2-3-6(4-7(5)12)8(19)9(10(13,14)15)11(16,17)18/h2-4,8-9H,19H2,1H3. The zero-order valence-electron chi connectivity index (χ0n) is 9.61. The minimum Gasteiger partial charge on any atom is -0.323 e. The minimum absolute atomic E-state index is 0.0658. The molecule has 0 aromatic heterocycles. The van der Waals surface area contributed by atoms with Gasteiger partial charge >= 0.3 is 12.4 Å². The predicted octanol–water partition coefficient (Wildman–Crippen LogP) is 4.39. The fraction of sp³-hybridized carbons (Fsp3) is 0.455. The van der Waals surface area contributed by atoms with E-state index in [1.807, 2.05) is 0 Å². The molecule has 0 fully saturated rings. The maximum Gasteiger partial charge on any atom is 0.402 e. The number of hydrogen-bond acceptors (Lipinski definition) is 1. The Morgan fingerprint density at radius 2 is 1.53 bits per heavy atom. The van der Waals surface area contributed by atoms with Crippen molar-refractivity contribution >= 4 is 11.6 Å². The minimum atomic E-state index is -5.48. The summed E-state index contributed by atoms with van der Waals surface area (Å²) < 4.78 is 75.0. The number of aryl methyl sites for hydroxylation is 1. The molecule has 0 radical (unpaired) electrons. The molecule has 108 valence electrons. The molecule has 8 heteroatoms. The summed E-state index contributed by atoms with van der Waals surface area (Å²) in [5.41, 5.74) is 5.36. The van der Waals surface area contributed by atoms with E-state index in [0.29, 0.717) is 5.56 Å². The van der Waals surface area contributed by atoms with Gasteiger partial charge in [0, 0.05) is 5.02 Å². The van der Waals surface area contributed by atoms with Gasteiger partial charge in [-0.2, -0.15) is 26.3 Å². The number of halogens is 7. The van der Waals surface area contributed by atoms with E-state index in [0.717, 1.165) is 12.1 Å². The van der Waals surface area contributed by atoms with Crippen LogP contribution in [-0.2, 0) is 0 Å². The van der Waals surface area contributed by atoms with E-state index in [-0.39, 0.29) is 10.6 Å². The predicted molar refractivity (Wildman–Crippen MR) is 58.7 cm³/mol. The van der Waals surface area contributed by atoms with Crippen LogP contribution in [0.25, 0.3) is 0 Å². The molecule has 1 aromatic carbocycles. The lowest BCUT2D eigenvalue weighted by molar-refractivity contribution is -0.290. The highest BCUT2D eigenvalue weighted by Gasteiger charge is 2.59. The summed E-state index contributed by atoms with van der Waals surface area (Å²) in [6, 6.07) is 1.20. The van der Waals surface area contributed by atoms with Crippen LogP contribution in [0, 0.1) is 12.8 Å². The van der Waals surface area contributed by atoms with Gasteiger partial charge < -0.3 is 5.73 Å². The van der Waals surface area contributed by atoms with Gasteiger partial charge in [-0.05, 0) is 24.1 Å². The molecule has 1 rings (SSSR count). The summed E-state index contributed by atoms with van der Waals surface area (Å²) in [5, 5.41) is 0.0658. The summed E-state index contributed by atoms with van der Waals surface area (Å²) in [4.78, 5) is 0. The third kappa shape index (κ3) is 3.76. The molecule has 0 aliphatic heterocycles. The SMILES string of the molecule is Cc1ccc(C(N)C(C(F)(F)F)C(F)(F)F)cc1Cl. The molecule has 0 saturated heterocycles. The van der Waals surface area contributed by atoms with E-state index in [4.69, 9.17) is 17.3 Å². The molecule has 0 bridgehead atoms. The van der Waals surface area contributed by atoms with Crippen LogP contribution in [0.3, 0.4) is 0 Å². The number of alkyl halides is 6. The molecule has 19 heavy (non-hydrogen) atoms. The molecule has 1 unspecified atom stereocenters. The van der Waals surface area contributed by atoms with Crippen LogP contribution in [0.2, 0.25) is 5.02 Å². The van der Waals surface area contributed by atoms with Crippen molar-refractivity contribution in [1.29, 1.82) is 0 Å². The molecule has 0 spiro atoms. The van der Waals surface area contributed by atoms with Crippen molar-refractivity contribution in [3.05, 3.63) is 34.3 Å². The summed E-state index contributed by atoms with van der Waals surface area (Å²) in [6.45, 7) is 1.57. The van der Waals surface area contributed by atoms with Gasteiger partial charge in [-0.1, -0.05) is 23.7 Å². The van der Waals surface area contributed by atoms with Gasteiger partial charge in [0.1, 0.15) is 0 Å². The zero-order chi connectivity index (χ0) is 15.0. The first-order valence-corrected chi connectivity index (χ1v) is 5.47. The lowest BCUT2D eigenvalue weighted by Crippen LogP contribution is -2.43. The second kappa shape index (κ2) is 5.20. The number of nitrogens with two attached hydrogens (primary N) is 1. The Bertz CT molecular complexity index is 439. The molecule has 1 atom stereocenters. The van der Waals surface area contributed by atoms with Crippen LogP contribution in [0.1, 0.15) is 17.2 Å². The quantitative estimate of drug-likeness (QED) is 0.806. The molecule has 0 aliphatic carbocycles. The van der Waals surface area contributed by atoms with Gasteiger partial charge in [-0.15, -0.1) is 0 Å². The second-order valence-electron chi connectivity index (χ2n) is 4.10. The third-order valence-electron chi connectivity index (χ3n) is 2.65. The normalized spacial score (nSPS) is 14.8. The molecular formula is C11H10ClF6N. The first-order valence-electron chi connectivity index (χ1n) is 5.09. The van der Waals surface area contributed by atoms with Gasteiger partial charge in [0.15, 0.2) is 5.92 Å². The third-order valence-corrected chi connectivity index (χ3v) is 3.05. The molecule has 0 amide bonds. The lowest BCUT2D eigenvalue weighted by atomic mass is 9.92. The highest BCUT2D eigenvalue weighted by molar-refractivity contribution is 6.31. The fourth-order valence-electron chi connectivity index (χ4n) is 1.60. The monoisotopic (exact) mass is 305 g/mol. The first-order chi connectivity index (χ1) is 8.44. The van der Waals surface area contributed by atoms with Crippen molar-refractivity contribution in [3.63, 3.8) is 0 Å². The van der Waals surface area contributed by atoms with Crippen molar-refractivity contribution in [3.8, 4) is 0 Å². The van der Waals surface area contributed by atoms with Crippen LogP contribution in [0.4, 0.5) is 26.3 Å². The van der Waals surface area contributed by atoms with Gasteiger partial charge in [0.2, 0.25) is 0 Å². The van der Waals surface area contributed by atoms with Gasteiger partial charge in [0.05, 0.1) is 6.04 Å². The van der Waals surface area contributed by atoms with Gasteiger partial charge in [-0.3, -0.25) is 0 Å². The number of hydrogen-bond donors (Lipinski definition) is 1. The van der Waals surface area contributed by atoms with Gasteiger partial charge in [0.25, 0.3) is 0 Å². The van der Waals surface area contributed by atoms with Crippen molar-refractivity contribution in [1.82, 2.24) is 0 Å². The average molecular weight is 306 g/mol. The fourth-order valence-corrected chi connectivity index (χ4v) is 1.79. The zero-order valence-corrected chi connectivity index (χ0v) is 10.4. The highest BCUT2D eigenvalue weighted by atomic mass is 35.5. The van der Waals surface area contributed by atoms with E-state index in [9.17, 15) is 26.3 Å². The summed E-state index contributed by atoms with van der Waals surface area (Å²) >= 11 is 5.67. The molecule has 2 N–H and O–H groups in total. The molecule has 0 heterocycles. The van der Waals surface area contributed by atoms with Crippen molar-refractivity contribution in [2.45, 2.75) is 25.3 Å². The van der Waals surface area contributed by atoms with Crippen LogP contribution in [0.5, 0.6) is 0 Å². The Kier molecular flexibility index (Phi) is 4.41. The van der Waals surface area contributed by atoms with E-state index >= 15 is 0 Å². The van der Waals surface area contributed by atoms with E-state index in [2.05, 4.69) is 0 Å². The lowest BCUT2D eigenvalue weighted by Gasteiger charge is -2.28. The Hall–Kier alpha value is -0.950. The van der Waals surface area contributed by atoms with Crippen LogP contribution in [0.15, 0.2) is 18.2 Å². The summed E-state index contributed by atoms with van der Waals surface area (Å²) in [6.07, 6.45) is -11.0. The highest BCUT2D eigenvalue weighted by Crippen LogP contribution is 2.45. The molecule has 0 saturated carbocycles. The van der Waals surface area contributed by atoms with Crippen molar-refractivity contribution < 1.29 is 26.3 Å². The largest absolute Gasteiger partial charge is 0.402 e. The Morgan fingerprint density at radius 3 is 1.89 bits per heavy atom. The van der Waals surface area contributed by atoms with E-state index in [1.54, 1.807) is 6.92 Å². The second-order valence-corrected chi connectivity index (χ2v) is 4.50. The smallest absolute Gasteiger partial charge is 0.323 e. The van der Waals surface area contributed by atoms with E-state index in [1.165, 1.54) is 6.07 Å². The van der Waals surface area contributed by atoms with Gasteiger partial charge in [-0.25, -0.2) is 0 Å². The maximum atomic E-state index is 12.5. The topological polar surface area (TPSA) is 26.0 Å². The molecule has 1 aromatic rings. The van der Waals surface area contributed by atoms with Crippen LogP contribution in [-0.4, -0.2) is 12.4 Å². The molecule has 0 aliphatic rings. The molecule has 1 nitrogen and oxygen atoms in total. The van der Waals surface area contributed by atoms with E-state index < -0.39 is 24.3 Å². The van der Waals surface area contributed by atoms with Crippen LogP contribution >= 0.6 is 11.6 Å². The number of benzene rings is 1. The molecular weight excluding hydrogens is 296 g/mol. The summed E-state index contributed by atoms with van der Waals surface area (Å²) in [5.74, 6) is -3.63. The first kappa shape index (κ1) is 16.1. The number of rotatable bonds is 2. The summed E-state index contributed by atoms with van der Waals surface area (Å²) in [7, 11) is 0.